The van der Waals surface area contributed by atoms with Crippen LogP contribution in [0.25, 0.3) is 0 Å². The summed E-state index contributed by atoms with van der Waals surface area (Å²) >= 11 is 0. The minimum atomic E-state index is -3.37. The van der Waals surface area contributed by atoms with Crippen molar-refractivity contribution in [3.63, 3.8) is 0 Å². The molecule has 5 nitrogen and oxygen atoms in total. The van der Waals surface area contributed by atoms with Crippen LogP contribution in [-0.4, -0.2) is 37.8 Å². The monoisotopic (exact) mass is 444 g/mol. The molecule has 1 heterocycles. The highest BCUT2D eigenvalue weighted by atomic mass is 32.2. The van der Waals surface area contributed by atoms with Gasteiger partial charge in [0.1, 0.15) is 0 Å². The Hall–Kier alpha value is -1.40. The number of hydrogen-bond donors (Lipinski definition) is 1. The van der Waals surface area contributed by atoms with Gasteiger partial charge in [-0.25, -0.2) is 8.42 Å². The SMILES string of the molecule is C[C@H](NC(=O)CCc1ccc(S(=O)(=O)N2CCCC2)cc1)C12CC3CC(CC(C3)C1)C2. The second-order valence-corrected chi connectivity index (χ2v) is 12.8. The lowest BCUT2D eigenvalue weighted by atomic mass is 9.48. The number of amides is 1. The molecule has 6 heteroatoms. The molecule has 1 atom stereocenters. The number of rotatable bonds is 7. The lowest BCUT2D eigenvalue weighted by Gasteiger charge is -2.59. The molecular weight excluding hydrogens is 408 g/mol. The summed E-state index contributed by atoms with van der Waals surface area (Å²) in [5.74, 6) is 2.79. The molecule has 4 aliphatic carbocycles. The maximum absolute atomic E-state index is 12.7. The molecule has 0 spiro atoms. The Kier molecular flexibility index (Phi) is 5.66. The van der Waals surface area contributed by atoms with Crippen LogP contribution in [0, 0.1) is 23.2 Å². The molecule has 0 unspecified atom stereocenters. The van der Waals surface area contributed by atoms with Gasteiger partial charge >= 0.3 is 0 Å². The van der Waals surface area contributed by atoms with Crippen molar-refractivity contribution in [2.75, 3.05) is 13.1 Å². The molecule has 0 aromatic heterocycles. The van der Waals surface area contributed by atoms with Gasteiger partial charge in [0, 0.05) is 25.6 Å². The van der Waals surface area contributed by atoms with Gasteiger partial charge in [-0.1, -0.05) is 12.1 Å². The van der Waals surface area contributed by atoms with E-state index in [9.17, 15) is 13.2 Å². The van der Waals surface area contributed by atoms with E-state index < -0.39 is 10.0 Å². The Morgan fingerprint density at radius 1 is 1.03 bits per heavy atom. The van der Waals surface area contributed by atoms with Crippen molar-refractivity contribution in [3.05, 3.63) is 29.8 Å². The zero-order valence-electron chi connectivity index (χ0n) is 18.7. The normalized spacial score (nSPS) is 33.5. The van der Waals surface area contributed by atoms with E-state index in [0.29, 0.717) is 36.2 Å². The van der Waals surface area contributed by atoms with E-state index in [-0.39, 0.29) is 11.9 Å². The van der Waals surface area contributed by atoms with Crippen LogP contribution in [0.15, 0.2) is 29.2 Å². The highest BCUT2D eigenvalue weighted by molar-refractivity contribution is 7.89. The van der Waals surface area contributed by atoms with Gasteiger partial charge in [-0.2, -0.15) is 4.31 Å². The number of nitrogens with one attached hydrogen (secondary N) is 1. The first-order chi connectivity index (χ1) is 14.8. The molecule has 1 aromatic carbocycles. The maximum Gasteiger partial charge on any atom is 0.243 e. The van der Waals surface area contributed by atoms with Gasteiger partial charge < -0.3 is 5.32 Å². The van der Waals surface area contributed by atoms with Crippen LogP contribution in [0.3, 0.4) is 0 Å². The van der Waals surface area contributed by atoms with Crippen molar-refractivity contribution >= 4 is 15.9 Å². The summed E-state index contributed by atoms with van der Waals surface area (Å²) in [4.78, 5) is 13.1. The largest absolute Gasteiger partial charge is 0.353 e. The molecule has 31 heavy (non-hydrogen) atoms. The Morgan fingerprint density at radius 2 is 1.58 bits per heavy atom. The first kappa shape index (κ1) is 21.4. The lowest BCUT2D eigenvalue weighted by molar-refractivity contribution is -0.125. The summed E-state index contributed by atoms with van der Waals surface area (Å²) < 4.78 is 26.9. The molecule has 170 valence electrons. The lowest BCUT2D eigenvalue weighted by Crippen LogP contribution is -2.55. The van der Waals surface area contributed by atoms with E-state index in [2.05, 4.69) is 12.2 Å². The molecule has 5 fully saturated rings. The highest BCUT2D eigenvalue weighted by Crippen LogP contribution is 2.61. The molecule has 1 saturated heterocycles. The number of benzene rings is 1. The summed E-state index contributed by atoms with van der Waals surface area (Å²) in [6, 6.07) is 7.36. The van der Waals surface area contributed by atoms with E-state index >= 15 is 0 Å². The number of aryl methyl sites for hydroxylation is 1. The van der Waals surface area contributed by atoms with E-state index in [1.165, 1.54) is 38.5 Å². The van der Waals surface area contributed by atoms with E-state index in [1.54, 1.807) is 16.4 Å². The topological polar surface area (TPSA) is 66.5 Å². The zero-order chi connectivity index (χ0) is 21.6. The van der Waals surface area contributed by atoms with Gasteiger partial charge in [0.2, 0.25) is 15.9 Å². The average molecular weight is 445 g/mol. The van der Waals surface area contributed by atoms with Crippen LogP contribution in [0.5, 0.6) is 0 Å². The first-order valence-corrected chi connectivity index (χ1v) is 13.7. The van der Waals surface area contributed by atoms with Crippen molar-refractivity contribution in [3.8, 4) is 0 Å². The summed E-state index contributed by atoms with van der Waals surface area (Å²) in [7, 11) is -3.37. The Balaban J connectivity index is 1.15. The van der Waals surface area contributed by atoms with Gasteiger partial charge in [0.25, 0.3) is 0 Å². The molecule has 1 aliphatic heterocycles. The van der Waals surface area contributed by atoms with Crippen LogP contribution in [0.1, 0.15) is 70.3 Å². The predicted molar refractivity (Wildman–Crippen MR) is 121 cm³/mol. The van der Waals surface area contributed by atoms with Crippen LogP contribution < -0.4 is 5.32 Å². The Morgan fingerprint density at radius 3 is 2.13 bits per heavy atom. The molecule has 1 aromatic rings. The minimum absolute atomic E-state index is 0.122. The van der Waals surface area contributed by atoms with Crippen LogP contribution >= 0.6 is 0 Å². The molecule has 1 amide bonds. The molecule has 5 aliphatic rings. The van der Waals surface area contributed by atoms with Crippen molar-refractivity contribution in [2.24, 2.45) is 23.2 Å². The maximum atomic E-state index is 12.7. The Labute approximate surface area is 187 Å². The molecule has 6 rings (SSSR count). The number of carbonyl (C=O) groups excluding carboxylic acids is 1. The fourth-order valence-corrected chi connectivity index (χ4v) is 8.86. The molecule has 1 N–H and O–H groups in total. The van der Waals surface area contributed by atoms with Gasteiger partial charge in [-0.15, -0.1) is 0 Å². The van der Waals surface area contributed by atoms with Crippen LogP contribution in [-0.2, 0) is 21.2 Å². The third kappa shape index (κ3) is 4.18. The molecule has 4 bridgehead atoms. The van der Waals surface area contributed by atoms with Crippen LogP contribution in [0.2, 0.25) is 0 Å². The predicted octanol–water partition coefficient (Wildman–Crippen LogP) is 4.12. The van der Waals surface area contributed by atoms with E-state index in [0.717, 1.165) is 36.2 Å². The number of nitrogens with zero attached hydrogens (tertiary/aromatic N) is 1. The smallest absolute Gasteiger partial charge is 0.243 e. The Bertz CT molecular complexity index is 883. The fraction of sp³-hybridized carbons (Fsp3) is 0.720. The average Bonchev–Trinajstić information content (AvgIpc) is 3.27. The third-order valence-electron chi connectivity index (χ3n) is 8.65. The first-order valence-electron chi connectivity index (χ1n) is 12.2. The fourth-order valence-electron chi connectivity index (χ4n) is 7.34. The summed E-state index contributed by atoms with van der Waals surface area (Å²) in [6.07, 6.45) is 11.1. The summed E-state index contributed by atoms with van der Waals surface area (Å²) in [5, 5.41) is 3.34. The van der Waals surface area contributed by atoms with Crippen molar-refractivity contribution in [1.29, 1.82) is 0 Å². The van der Waals surface area contributed by atoms with Gasteiger partial charge in [-0.05, 0) is 106 Å². The molecule has 4 saturated carbocycles. The number of hydrogen-bond acceptors (Lipinski definition) is 3. The van der Waals surface area contributed by atoms with Gasteiger partial charge in [0.15, 0.2) is 0 Å². The minimum Gasteiger partial charge on any atom is -0.353 e. The van der Waals surface area contributed by atoms with Crippen molar-refractivity contribution in [2.45, 2.75) is 82.1 Å². The van der Waals surface area contributed by atoms with Crippen LogP contribution in [0.4, 0.5) is 0 Å². The van der Waals surface area contributed by atoms with Gasteiger partial charge in [0.05, 0.1) is 4.90 Å². The summed E-state index contributed by atoms with van der Waals surface area (Å²) in [6.45, 7) is 3.46. The number of sulfonamides is 1. The van der Waals surface area contributed by atoms with E-state index in [1.807, 2.05) is 12.1 Å². The quantitative estimate of drug-likeness (QED) is 0.688. The third-order valence-corrected chi connectivity index (χ3v) is 10.6. The zero-order valence-corrected chi connectivity index (χ0v) is 19.5. The summed E-state index contributed by atoms with van der Waals surface area (Å²) in [5.41, 5.74) is 1.34. The highest BCUT2D eigenvalue weighted by Gasteiger charge is 2.53. The van der Waals surface area contributed by atoms with Gasteiger partial charge in [-0.3, -0.25) is 4.79 Å². The number of carbonyl (C=O) groups is 1. The van der Waals surface area contributed by atoms with Crippen molar-refractivity contribution < 1.29 is 13.2 Å². The van der Waals surface area contributed by atoms with E-state index in [4.69, 9.17) is 0 Å². The molecular formula is C25H36N2O3S. The second kappa shape index (κ2) is 8.18. The van der Waals surface area contributed by atoms with Crippen molar-refractivity contribution in [1.82, 2.24) is 9.62 Å². The second-order valence-electron chi connectivity index (χ2n) is 10.8. The standard InChI is InChI=1S/C25H36N2O3S/c1-18(25-15-20-12-21(16-25)14-22(13-20)17-25)26-24(28)9-6-19-4-7-23(8-5-19)31(29,30)27-10-2-3-11-27/h4-5,7-8,18,20-22H,2-3,6,9-17H2,1H3,(H,26,28)/t18-,20?,21?,22?,25?/m0/s1. The molecule has 0 radical (unpaired) electrons.